The van der Waals surface area contributed by atoms with Crippen LogP contribution in [0.4, 0.5) is 5.69 Å². The monoisotopic (exact) mass is 579 g/mol. The maximum Gasteiger partial charge on any atom is 0.488 e. The fourth-order valence-electron chi connectivity index (χ4n) is 6.51. The molecule has 5 N–H and O–H groups in total. The lowest BCUT2D eigenvalue weighted by atomic mass is 9.58. The molecule has 2 aliphatic heterocycles. The molecule has 3 aliphatic rings. The van der Waals surface area contributed by atoms with Crippen LogP contribution in [-0.4, -0.2) is 64.0 Å². The third kappa shape index (κ3) is 5.75. The fourth-order valence-corrected chi connectivity index (χ4v) is 6.74. The van der Waals surface area contributed by atoms with Crippen LogP contribution in [0, 0.1) is 17.8 Å². The van der Waals surface area contributed by atoms with Gasteiger partial charge in [-0.3, -0.25) is 14.5 Å². The summed E-state index contributed by atoms with van der Waals surface area (Å²) in [5.41, 5.74) is 3.68. The number of amides is 2. The van der Waals surface area contributed by atoms with Crippen LogP contribution in [-0.2, 0) is 14.2 Å². The maximum absolute atomic E-state index is 13.8. The Hall–Kier alpha value is -2.92. The summed E-state index contributed by atoms with van der Waals surface area (Å²) < 4.78 is 5.97. The smallest absolute Gasteiger partial charge is 0.488 e. The molecule has 0 radical (unpaired) electrons. The van der Waals surface area contributed by atoms with Gasteiger partial charge in [-0.2, -0.15) is 0 Å². The first-order chi connectivity index (χ1) is 19.6. The van der Waals surface area contributed by atoms with E-state index in [0.29, 0.717) is 23.4 Å². The van der Waals surface area contributed by atoms with Gasteiger partial charge in [0.1, 0.15) is 5.75 Å². The highest BCUT2D eigenvalue weighted by molar-refractivity contribution is 6.58. The van der Waals surface area contributed by atoms with Crippen LogP contribution in [0.25, 0.3) is 6.08 Å². The molecule has 1 aliphatic carbocycles. The largest absolute Gasteiger partial charge is 0.508 e. The van der Waals surface area contributed by atoms with Gasteiger partial charge in [0, 0.05) is 0 Å². The van der Waals surface area contributed by atoms with Crippen molar-refractivity contribution in [3.63, 3.8) is 0 Å². The highest BCUT2D eigenvalue weighted by Gasteiger charge is 2.57. The van der Waals surface area contributed by atoms with Crippen molar-refractivity contribution < 1.29 is 39.5 Å². The average Bonchev–Trinajstić information content (AvgIpc) is 3.20. The molecular formula is C29H32B2ClNO8. The van der Waals surface area contributed by atoms with E-state index in [2.05, 4.69) is 0 Å². The van der Waals surface area contributed by atoms with Gasteiger partial charge in [-0.15, -0.1) is 0 Å². The molecule has 0 aromatic heterocycles. The molecule has 2 fully saturated rings. The normalized spacial score (nSPS) is 24.6. The minimum atomic E-state index is -1.75. The summed E-state index contributed by atoms with van der Waals surface area (Å²) in [5, 5.41) is 50.3. The number of aliphatic hydroxyl groups excluding tert-OH is 1. The molecule has 2 aromatic carbocycles. The zero-order valence-electron chi connectivity index (χ0n) is 22.6. The first kappa shape index (κ1) is 29.6. The van der Waals surface area contributed by atoms with E-state index in [1.54, 1.807) is 24.3 Å². The third-order valence-corrected chi connectivity index (χ3v) is 8.78. The minimum Gasteiger partial charge on any atom is -0.508 e. The Bertz CT molecular complexity index is 1410. The van der Waals surface area contributed by atoms with Gasteiger partial charge >= 0.3 is 14.2 Å². The van der Waals surface area contributed by atoms with Crippen molar-refractivity contribution in [3.05, 3.63) is 69.8 Å². The summed E-state index contributed by atoms with van der Waals surface area (Å²) in [6, 6.07) is 10.8. The van der Waals surface area contributed by atoms with E-state index in [-0.39, 0.29) is 36.2 Å². The molecule has 0 bridgehead atoms. The van der Waals surface area contributed by atoms with Crippen LogP contribution in [0.15, 0.2) is 59.2 Å². The van der Waals surface area contributed by atoms with E-state index in [0.717, 1.165) is 28.0 Å². The van der Waals surface area contributed by atoms with E-state index >= 15 is 0 Å². The fraction of sp³-hybridized carbons (Fsp3) is 0.379. The Morgan fingerprint density at radius 1 is 1.17 bits per heavy atom. The van der Waals surface area contributed by atoms with Crippen LogP contribution >= 0.6 is 11.6 Å². The molecule has 41 heavy (non-hydrogen) atoms. The summed E-state index contributed by atoms with van der Waals surface area (Å²) >= 11 is 6.30. The molecule has 0 unspecified atom stereocenters. The quantitative estimate of drug-likeness (QED) is 0.182. The number of phenolic OH excluding ortho intramolecular Hbond substituents is 1. The first-order valence-corrected chi connectivity index (χ1v) is 14.2. The molecule has 0 saturated carbocycles. The lowest BCUT2D eigenvalue weighted by Crippen LogP contribution is -2.46. The molecule has 2 heterocycles. The number of imide groups is 1. The molecule has 0 spiro atoms. The number of carbonyl (C=O) groups excluding carboxylic acids is 2. The summed E-state index contributed by atoms with van der Waals surface area (Å²) in [5.74, 6) is -2.65. The van der Waals surface area contributed by atoms with Gasteiger partial charge in [-0.1, -0.05) is 42.3 Å². The number of benzene rings is 2. The number of hydrogen-bond acceptors (Lipinski definition) is 8. The molecule has 12 heteroatoms. The number of anilines is 1. The van der Waals surface area contributed by atoms with Crippen molar-refractivity contribution >= 4 is 54.9 Å². The van der Waals surface area contributed by atoms with Gasteiger partial charge in [0.15, 0.2) is 0 Å². The number of halogens is 1. The molecule has 9 nitrogen and oxygen atoms in total. The Morgan fingerprint density at radius 3 is 2.63 bits per heavy atom. The third-order valence-electron chi connectivity index (χ3n) is 8.45. The van der Waals surface area contributed by atoms with Crippen molar-refractivity contribution in [2.75, 3.05) is 11.5 Å². The number of aliphatic hydroxyl groups is 1. The number of nitrogens with zero attached hydrogens (tertiary/aromatic N) is 1. The van der Waals surface area contributed by atoms with Crippen LogP contribution in [0.5, 0.6) is 5.75 Å². The summed E-state index contributed by atoms with van der Waals surface area (Å²) in [4.78, 5) is 28.4. The van der Waals surface area contributed by atoms with Crippen LogP contribution < -0.4 is 10.4 Å². The molecule has 2 aromatic rings. The van der Waals surface area contributed by atoms with Crippen LogP contribution in [0.2, 0.25) is 11.3 Å². The second-order valence-electron chi connectivity index (χ2n) is 10.9. The number of hydrogen-bond donors (Lipinski definition) is 5. The van der Waals surface area contributed by atoms with E-state index < -0.39 is 49.9 Å². The zero-order valence-corrected chi connectivity index (χ0v) is 23.4. The number of aromatic hydroxyl groups is 1. The van der Waals surface area contributed by atoms with E-state index in [4.69, 9.17) is 16.3 Å². The Labute approximate surface area is 244 Å². The van der Waals surface area contributed by atoms with Gasteiger partial charge in [0.25, 0.3) is 0 Å². The zero-order chi connectivity index (χ0) is 29.4. The van der Waals surface area contributed by atoms with Gasteiger partial charge < -0.3 is 29.9 Å². The van der Waals surface area contributed by atoms with Gasteiger partial charge in [0.2, 0.25) is 11.8 Å². The summed E-state index contributed by atoms with van der Waals surface area (Å²) in [6.45, 7) is 1.73. The summed E-state index contributed by atoms with van der Waals surface area (Å²) in [6.07, 6.45) is 3.55. The predicted molar refractivity (Wildman–Crippen MR) is 156 cm³/mol. The standard InChI is InChI=1S/C29H32B2ClNO8/c1-2-16(10-17-7-8-21(35)13-24(17)32)6-9-25-26-18(15-34)11-22-27(23(26)14-30(38)41-25)29(37)33(28(22)36)20-5-3-4-19(12-20)31(39)40/h3-5,7-8,10,12-13,22-23,25,27,34-35,38-40H,2,6,9,11,14-15H2,1H3/b16-10+/t22-,23+,25-,27-/m1/s1. The lowest BCUT2D eigenvalue weighted by molar-refractivity contribution is -0.122. The molecule has 5 rings (SSSR count). The number of allylic oxidation sites excluding steroid dienone is 1. The number of rotatable bonds is 8. The Morgan fingerprint density at radius 2 is 1.95 bits per heavy atom. The predicted octanol–water partition coefficient (Wildman–Crippen LogP) is 2.29. The first-order valence-electron chi connectivity index (χ1n) is 13.8. The van der Waals surface area contributed by atoms with E-state index in [1.165, 1.54) is 18.2 Å². The second kappa shape index (κ2) is 12.1. The van der Waals surface area contributed by atoms with E-state index in [1.807, 2.05) is 13.0 Å². The molecule has 4 atom stereocenters. The van der Waals surface area contributed by atoms with Crippen molar-refractivity contribution in [2.45, 2.75) is 45.0 Å². The highest BCUT2D eigenvalue weighted by atomic mass is 35.5. The van der Waals surface area contributed by atoms with Crippen LogP contribution in [0.1, 0.15) is 38.2 Å². The highest BCUT2D eigenvalue weighted by Crippen LogP contribution is 2.51. The number of carbonyl (C=O) groups is 2. The second-order valence-corrected chi connectivity index (χ2v) is 11.3. The van der Waals surface area contributed by atoms with Gasteiger partial charge in [-0.05, 0) is 90.4 Å². The molecule has 214 valence electrons. The van der Waals surface area contributed by atoms with Crippen molar-refractivity contribution in [2.24, 2.45) is 17.8 Å². The van der Waals surface area contributed by atoms with E-state index in [9.17, 15) is 34.9 Å². The SMILES string of the molecule is CC/C(=C\c1ccc(O)cc1Cl)CC[C@H]1OB(O)C[C@H]2C1=C(CO)C[C@H]1C(=O)N(c3cccc(B(O)O)c3)C(=O)[C@H]12. The maximum atomic E-state index is 13.8. The van der Waals surface area contributed by atoms with Gasteiger partial charge in [0.05, 0.1) is 35.3 Å². The minimum absolute atomic E-state index is 0.0807. The topological polar surface area (TPSA) is 148 Å². The van der Waals surface area contributed by atoms with Crippen molar-refractivity contribution in [3.8, 4) is 5.75 Å². The molecule has 2 amide bonds. The Balaban J connectivity index is 1.42. The van der Waals surface area contributed by atoms with Crippen molar-refractivity contribution in [1.29, 1.82) is 0 Å². The van der Waals surface area contributed by atoms with Gasteiger partial charge in [-0.25, -0.2) is 0 Å². The lowest BCUT2D eigenvalue weighted by Gasteiger charge is -2.43. The average molecular weight is 580 g/mol. The van der Waals surface area contributed by atoms with Crippen LogP contribution in [0.3, 0.4) is 0 Å². The number of phenols is 1. The summed E-state index contributed by atoms with van der Waals surface area (Å²) in [7, 11) is -2.89. The molecule has 2 saturated heterocycles. The Kier molecular flexibility index (Phi) is 8.75. The number of fused-ring (bicyclic) bond motifs is 3. The van der Waals surface area contributed by atoms with Crippen molar-refractivity contribution in [1.82, 2.24) is 0 Å². The molecular weight excluding hydrogens is 547 g/mol.